The van der Waals surface area contributed by atoms with Gasteiger partial charge in [-0.25, -0.2) is 4.79 Å². The summed E-state index contributed by atoms with van der Waals surface area (Å²) in [5, 5.41) is 0. The number of hydrogen-bond acceptors (Lipinski definition) is 1. The number of H-pyrrole nitrogens is 1. The van der Waals surface area contributed by atoms with Gasteiger partial charge in [0, 0.05) is 12.2 Å². The first-order valence-electron chi connectivity index (χ1n) is 4.74. The molecule has 1 aromatic heterocycles. The second kappa shape index (κ2) is 3.70. The smallest absolute Gasteiger partial charge is 0.300 e. The van der Waals surface area contributed by atoms with Gasteiger partial charge in [0.05, 0.1) is 0 Å². The molecule has 3 nitrogen and oxygen atoms in total. The molecule has 13 heavy (non-hydrogen) atoms. The zero-order valence-electron chi connectivity index (χ0n) is 7.42. The number of hydrogen-bond donors (Lipinski definition) is 1. The fraction of sp³-hybridized carbons (Fsp3) is 0.667. The lowest BCUT2D eigenvalue weighted by Gasteiger charge is -2.21. The van der Waals surface area contributed by atoms with Crippen LogP contribution in [0.4, 0.5) is 0 Å². The third kappa shape index (κ3) is 1.88. The minimum absolute atomic E-state index is 0.0128. The third-order valence-corrected chi connectivity index (χ3v) is 3.08. The minimum Gasteiger partial charge on any atom is -0.300 e. The predicted octanol–water partition coefficient (Wildman–Crippen LogP) is 2.44. The van der Waals surface area contributed by atoms with Gasteiger partial charge in [-0.15, -0.1) is 0 Å². The van der Waals surface area contributed by atoms with Crippen LogP contribution in [-0.4, -0.2) is 9.55 Å². The van der Waals surface area contributed by atoms with E-state index in [-0.39, 0.29) is 5.69 Å². The van der Waals surface area contributed by atoms with E-state index in [1.165, 1.54) is 19.3 Å². The summed E-state index contributed by atoms with van der Waals surface area (Å²) in [7, 11) is 0. The monoisotopic (exact) mass is 244 g/mol. The molecule has 2 rings (SSSR count). The van der Waals surface area contributed by atoms with Crippen LogP contribution in [0.3, 0.4) is 0 Å². The quantitative estimate of drug-likeness (QED) is 0.810. The van der Waals surface area contributed by atoms with Crippen molar-refractivity contribution in [2.45, 2.75) is 38.1 Å². The van der Waals surface area contributed by atoms with Crippen molar-refractivity contribution in [3.05, 3.63) is 21.3 Å². The molecule has 0 unspecified atom stereocenters. The van der Waals surface area contributed by atoms with Gasteiger partial charge in [0.25, 0.3) is 0 Å². The molecular formula is C9H13BrN2O. The molecule has 0 atom stereocenters. The van der Waals surface area contributed by atoms with E-state index in [1.807, 2.05) is 10.8 Å². The van der Waals surface area contributed by atoms with Crippen molar-refractivity contribution in [1.29, 1.82) is 0 Å². The average molecular weight is 245 g/mol. The van der Waals surface area contributed by atoms with Crippen LogP contribution in [0.5, 0.6) is 0 Å². The molecule has 1 aromatic rings. The van der Waals surface area contributed by atoms with Gasteiger partial charge in [-0.2, -0.15) is 0 Å². The number of aromatic nitrogens is 2. The molecule has 0 spiro atoms. The molecule has 1 heterocycles. The number of nitrogens with one attached hydrogen (secondary N) is 1. The van der Waals surface area contributed by atoms with E-state index in [0.29, 0.717) is 6.04 Å². The summed E-state index contributed by atoms with van der Waals surface area (Å²) in [5.41, 5.74) is 0.0128. The summed E-state index contributed by atoms with van der Waals surface area (Å²) < 4.78 is 2.60. The lowest BCUT2D eigenvalue weighted by molar-refractivity contribution is 0.347. The Bertz CT molecular complexity index is 336. The van der Waals surface area contributed by atoms with Crippen molar-refractivity contribution in [1.82, 2.24) is 9.55 Å². The van der Waals surface area contributed by atoms with E-state index in [1.54, 1.807) is 0 Å². The Morgan fingerprint density at radius 2 is 2.08 bits per heavy atom. The van der Waals surface area contributed by atoms with Crippen LogP contribution in [0.1, 0.15) is 38.1 Å². The molecular weight excluding hydrogens is 232 g/mol. The molecule has 72 valence electrons. The van der Waals surface area contributed by atoms with E-state index in [2.05, 4.69) is 20.9 Å². The first-order valence-corrected chi connectivity index (χ1v) is 5.53. The van der Waals surface area contributed by atoms with E-state index >= 15 is 0 Å². The van der Waals surface area contributed by atoms with Crippen molar-refractivity contribution in [2.75, 3.05) is 0 Å². The van der Waals surface area contributed by atoms with Gasteiger partial charge in [-0.05, 0) is 28.8 Å². The van der Waals surface area contributed by atoms with Crippen LogP contribution >= 0.6 is 15.9 Å². The van der Waals surface area contributed by atoms with Crippen molar-refractivity contribution >= 4 is 15.9 Å². The third-order valence-electron chi connectivity index (χ3n) is 2.68. The van der Waals surface area contributed by atoms with E-state index in [0.717, 1.165) is 17.4 Å². The second-order valence-corrected chi connectivity index (χ2v) is 4.46. The van der Waals surface area contributed by atoms with Gasteiger partial charge >= 0.3 is 5.69 Å². The Balaban J connectivity index is 2.23. The fourth-order valence-electron chi connectivity index (χ4n) is 2.01. The first-order chi connectivity index (χ1) is 6.27. The molecule has 0 bridgehead atoms. The molecule has 1 fully saturated rings. The van der Waals surface area contributed by atoms with Crippen LogP contribution in [0.2, 0.25) is 0 Å². The Labute approximate surface area is 85.3 Å². The van der Waals surface area contributed by atoms with Crippen molar-refractivity contribution in [2.24, 2.45) is 0 Å². The van der Waals surface area contributed by atoms with Gasteiger partial charge in [0.1, 0.15) is 4.60 Å². The average Bonchev–Trinajstić information content (AvgIpc) is 2.47. The zero-order chi connectivity index (χ0) is 9.26. The molecule has 0 amide bonds. The van der Waals surface area contributed by atoms with E-state index in [4.69, 9.17) is 0 Å². The molecule has 0 radical (unpaired) electrons. The van der Waals surface area contributed by atoms with Gasteiger partial charge in [-0.1, -0.05) is 19.3 Å². The van der Waals surface area contributed by atoms with Crippen LogP contribution in [0.15, 0.2) is 15.6 Å². The standard InChI is InChI=1S/C9H13BrN2O/c10-8-6-12(9(13)11-8)7-4-2-1-3-5-7/h6-7H,1-5H2,(H,11,13). The first kappa shape index (κ1) is 9.06. The van der Waals surface area contributed by atoms with Crippen LogP contribution in [-0.2, 0) is 0 Å². The predicted molar refractivity (Wildman–Crippen MR) is 54.9 cm³/mol. The molecule has 0 aliphatic heterocycles. The summed E-state index contributed by atoms with van der Waals surface area (Å²) in [5.74, 6) is 0. The zero-order valence-corrected chi connectivity index (χ0v) is 9.01. The van der Waals surface area contributed by atoms with Crippen molar-refractivity contribution in [3.8, 4) is 0 Å². The Hall–Kier alpha value is -0.510. The van der Waals surface area contributed by atoms with E-state index in [9.17, 15) is 4.79 Å². The molecule has 1 N–H and O–H groups in total. The van der Waals surface area contributed by atoms with Gasteiger partial charge in [-0.3, -0.25) is 4.57 Å². The molecule has 0 aromatic carbocycles. The number of aromatic amines is 1. The summed E-state index contributed by atoms with van der Waals surface area (Å²) in [6, 6.07) is 0.420. The topological polar surface area (TPSA) is 37.8 Å². The lowest BCUT2D eigenvalue weighted by atomic mass is 9.95. The molecule has 4 heteroatoms. The van der Waals surface area contributed by atoms with Gasteiger partial charge < -0.3 is 4.98 Å². The minimum atomic E-state index is 0.0128. The number of halogens is 1. The Morgan fingerprint density at radius 1 is 1.38 bits per heavy atom. The number of nitrogens with zero attached hydrogens (tertiary/aromatic N) is 1. The number of rotatable bonds is 1. The van der Waals surface area contributed by atoms with Crippen molar-refractivity contribution in [3.63, 3.8) is 0 Å². The van der Waals surface area contributed by atoms with Crippen LogP contribution in [0.25, 0.3) is 0 Å². The van der Waals surface area contributed by atoms with Crippen molar-refractivity contribution < 1.29 is 0 Å². The maximum Gasteiger partial charge on any atom is 0.326 e. The summed E-state index contributed by atoms with van der Waals surface area (Å²) in [6.07, 6.45) is 7.96. The number of imidazole rings is 1. The van der Waals surface area contributed by atoms with Crippen LogP contribution in [0, 0.1) is 0 Å². The lowest BCUT2D eigenvalue weighted by Crippen LogP contribution is -2.23. The van der Waals surface area contributed by atoms with Crippen LogP contribution < -0.4 is 5.69 Å². The molecule has 1 aliphatic carbocycles. The second-order valence-electron chi connectivity index (χ2n) is 3.61. The fourth-order valence-corrected chi connectivity index (χ4v) is 2.40. The maximum absolute atomic E-state index is 11.4. The molecule has 1 saturated carbocycles. The van der Waals surface area contributed by atoms with Gasteiger partial charge in [0.2, 0.25) is 0 Å². The largest absolute Gasteiger partial charge is 0.326 e. The molecule has 0 saturated heterocycles. The SMILES string of the molecule is O=c1[nH]c(Br)cn1C1CCCCC1. The van der Waals surface area contributed by atoms with E-state index < -0.39 is 0 Å². The molecule has 1 aliphatic rings. The Morgan fingerprint density at radius 3 is 2.62 bits per heavy atom. The highest BCUT2D eigenvalue weighted by molar-refractivity contribution is 9.10. The summed E-state index contributed by atoms with van der Waals surface area (Å²) in [4.78, 5) is 14.1. The highest BCUT2D eigenvalue weighted by atomic mass is 79.9. The maximum atomic E-state index is 11.4. The normalized spacial score (nSPS) is 19.2. The van der Waals surface area contributed by atoms with Gasteiger partial charge in [0.15, 0.2) is 0 Å². The summed E-state index contributed by atoms with van der Waals surface area (Å²) >= 11 is 3.27. The highest BCUT2D eigenvalue weighted by Crippen LogP contribution is 2.27. The Kier molecular flexibility index (Phi) is 2.58. The highest BCUT2D eigenvalue weighted by Gasteiger charge is 2.16. The summed E-state index contributed by atoms with van der Waals surface area (Å²) in [6.45, 7) is 0.